The van der Waals surface area contributed by atoms with Gasteiger partial charge in [0.1, 0.15) is 11.7 Å². The molecule has 70 valence electrons. The van der Waals surface area contributed by atoms with E-state index in [9.17, 15) is 4.79 Å². The minimum absolute atomic E-state index is 0.447. The summed E-state index contributed by atoms with van der Waals surface area (Å²) in [6.45, 7) is 1.83. The van der Waals surface area contributed by atoms with Gasteiger partial charge in [-0.1, -0.05) is 17.7 Å². The van der Waals surface area contributed by atoms with Crippen molar-refractivity contribution < 1.29 is 4.79 Å². The number of alkyl halides is 1. The van der Waals surface area contributed by atoms with Gasteiger partial charge in [-0.05, 0) is 18.6 Å². The van der Waals surface area contributed by atoms with Crippen LogP contribution >= 0.6 is 23.2 Å². The number of anilines is 1. The van der Waals surface area contributed by atoms with Crippen molar-refractivity contribution >= 4 is 35.2 Å². The van der Waals surface area contributed by atoms with E-state index >= 15 is 0 Å². The summed E-state index contributed by atoms with van der Waals surface area (Å²) in [5.41, 5.74) is 7.56. The summed E-state index contributed by atoms with van der Waals surface area (Å²) < 4.78 is 0. The number of carbonyl (C=O) groups is 1. The second-order valence-corrected chi connectivity index (χ2v) is 3.65. The van der Waals surface area contributed by atoms with Crippen LogP contribution in [0.4, 0.5) is 5.69 Å². The summed E-state index contributed by atoms with van der Waals surface area (Å²) in [7, 11) is 0. The molecular formula is C9H9Cl2NO. The van der Waals surface area contributed by atoms with Crippen LogP contribution in [0.15, 0.2) is 12.1 Å². The standard InChI is InChI=1S/C9H9Cl2NO/c1-5-2-6(8(11)4-13)9(12)3-7(5)10/h2-4,8H,12H2,1H3. The number of carbonyl (C=O) groups excluding carboxylic acids is 1. The molecule has 0 saturated heterocycles. The predicted molar refractivity (Wildman–Crippen MR) is 55.3 cm³/mol. The van der Waals surface area contributed by atoms with Crippen LogP contribution in [0.2, 0.25) is 5.02 Å². The van der Waals surface area contributed by atoms with Crippen LogP contribution in [0, 0.1) is 6.92 Å². The fourth-order valence-electron chi connectivity index (χ4n) is 1.03. The van der Waals surface area contributed by atoms with Crippen LogP contribution in [-0.4, -0.2) is 6.29 Å². The third-order valence-electron chi connectivity index (χ3n) is 1.78. The van der Waals surface area contributed by atoms with E-state index in [0.29, 0.717) is 22.6 Å². The lowest BCUT2D eigenvalue weighted by Gasteiger charge is -2.08. The molecule has 0 aliphatic carbocycles. The molecule has 0 spiro atoms. The Morgan fingerprint density at radius 1 is 1.54 bits per heavy atom. The van der Waals surface area contributed by atoms with E-state index in [1.165, 1.54) is 0 Å². The third-order valence-corrected chi connectivity index (χ3v) is 2.53. The molecule has 13 heavy (non-hydrogen) atoms. The average molecular weight is 218 g/mol. The smallest absolute Gasteiger partial charge is 0.142 e. The van der Waals surface area contributed by atoms with Crippen LogP contribution in [-0.2, 0) is 4.79 Å². The first-order chi connectivity index (χ1) is 6.06. The number of nitrogen functional groups attached to an aromatic ring is 1. The molecule has 1 atom stereocenters. The molecule has 0 amide bonds. The fourth-order valence-corrected chi connectivity index (χ4v) is 1.39. The monoisotopic (exact) mass is 217 g/mol. The van der Waals surface area contributed by atoms with Gasteiger partial charge in [-0.3, -0.25) is 0 Å². The molecule has 0 saturated carbocycles. The lowest BCUT2D eigenvalue weighted by atomic mass is 10.1. The van der Waals surface area contributed by atoms with Crippen molar-refractivity contribution in [1.29, 1.82) is 0 Å². The molecule has 4 heteroatoms. The van der Waals surface area contributed by atoms with Crippen molar-refractivity contribution in [3.05, 3.63) is 28.3 Å². The summed E-state index contributed by atoms with van der Waals surface area (Å²) in [4.78, 5) is 10.4. The summed E-state index contributed by atoms with van der Waals surface area (Å²) in [5, 5.41) is -0.119. The van der Waals surface area contributed by atoms with E-state index in [-0.39, 0.29) is 0 Å². The number of aryl methyl sites for hydroxylation is 1. The van der Waals surface area contributed by atoms with Gasteiger partial charge in [0, 0.05) is 16.3 Å². The first kappa shape index (κ1) is 10.4. The van der Waals surface area contributed by atoms with Gasteiger partial charge in [-0.25, -0.2) is 0 Å². The highest BCUT2D eigenvalue weighted by atomic mass is 35.5. The minimum Gasteiger partial charge on any atom is -0.398 e. The number of rotatable bonds is 2. The van der Waals surface area contributed by atoms with Gasteiger partial charge >= 0.3 is 0 Å². The zero-order valence-electron chi connectivity index (χ0n) is 7.05. The van der Waals surface area contributed by atoms with Crippen LogP contribution in [0.3, 0.4) is 0 Å². The van der Waals surface area contributed by atoms with Gasteiger partial charge in [0.15, 0.2) is 0 Å². The van der Waals surface area contributed by atoms with Crippen molar-refractivity contribution in [2.24, 2.45) is 0 Å². The highest BCUT2D eigenvalue weighted by Crippen LogP contribution is 2.29. The van der Waals surface area contributed by atoms with Gasteiger partial charge in [0.05, 0.1) is 0 Å². The van der Waals surface area contributed by atoms with Crippen LogP contribution < -0.4 is 5.73 Å². The Kier molecular flexibility index (Phi) is 3.17. The summed E-state index contributed by atoms with van der Waals surface area (Å²) in [5.74, 6) is 0. The summed E-state index contributed by atoms with van der Waals surface area (Å²) >= 11 is 11.6. The topological polar surface area (TPSA) is 43.1 Å². The van der Waals surface area contributed by atoms with Crippen molar-refractivity contribution in [2.75, 3.05) is 5.73 Å². The molecule has 0 bridgehead atoms. The Bertz CT molecular complexity index is 339. The third kappa shape index (κ3) is 2.14. The predicted octanol–water partition coefficient (Wildman–Crippen LogP) is 2.71. The van der Waals surface area contributed by atoms with E-state index in [1.54, 1.807) is 12.1 Å². The molecule has 0 aliphatic heterocycles. The molecular weight excluding hydrogens is 209 g/mol. The maximum absolute atomic E-state index is 10.4. The van der Waals surface area contributed by atoms with E-state index in [1.807, 2.05) is 6.92 Å². The lowest BCUT2D eigenvalue weighted by Crippen LogP contribution is -1.99. The molecule has 1 rings (SSSR count). The largest absolute Gasteiger partial charge is 0.398 e. The Labute approximate surface area is 86.6 Å². The Balaban J connectivity index is 3.22. The average Bonchev–Trinajstić information content (AvgIpc) is 2.10. The quantitative estimate of drug-likeness (QED) is 0.471. The Hall–Kier alpha value is -0.730. The molecule has 0 aliphatic rings. The van der Waals surface area contributed by atoms with Gasteiger partial charge < -0.3 is 10.5 Å². The number of benzene rings is 1. The normalized spacial score (nSPS) is 12.5. The van der Waals surface area contributed by atoms with Gasteiger partial charge in [0.2, 0.25) is 0 Å². The van der Waals surface area contributed by atoms with E-state index in [4.69, 9.17) is 28.9 Å². The number of aldehydes is 1. The van der Waals surface area contributed by atoms with Crippen molar-refractivity contribution in [2.45, 2.75) is 12.3 Å². The minimum atomic E-state index is -0.698. The number of hydrogen-bond donors (Lipinski definition) is 1. The highest BCUT2D eigenvalue weighted by Gasteiger charge is 2.11. The summed E-state index contributed by atoms with van der Waals surface area (Å²) in [6.07, 6.45) is 0.639. The molecule has 2 nitrogen and oxygen atoms in total. The zero-order chi connectivity index (χ0) is 10.0. The number of nitrogens with two attached hydrogens (primary N) is 1. The molecule has 1 aromatic rings. The molecule has 1 aromatic carbocycles. The van der Waals surface area contributed by atoms with Gasteiger partial charge in [-0.15, -0.1) is 11.6 Å². The van der Waals surface area contributed by atoms with Crippen LogP contribution in [0.5, 0.6) is 0 Å². The second-order valence-electron chi connectivity index (χ2n) is 2.77. The molecule has 0 aromatic heterocycles. The number of hydrogen-bond acceptors (Lipinski definition) is 2. The molecule has 0 fully saturated rings. The van der Waals surface area contributed by atoms with Crippen molar-refractivity contribution in [1.82, 2.24) is 0 Å². The summed E-state index contributed by atoms with van der Waals surface area (Å²) in [6, 6.07) is 3.33. The zero-order valence-corrected chi connectivity index (χ0v) is 8.56. The van der Waals surface area contributed by atoms with Crippen molar-refractivity contribution in [3.8, 4) is 0 Å². The van der Waals surface area contributed by atoms with Crippen LogP contribution in [0.1, 0.15) is 16.5 Å². The first-order valence-corrected chi connectivity index (χ1v) is 4.52. The second kappa shape index (κ2) is 3.99. The van der Waals surface area contributed by atoms with Gasteiger partial charge in [-0.2, -0.15) is 0 Å². The van der Waals surface area contributed by atoms with E-state index in [0.717, 1.165) is 5.56 Å². The molecule has 0 radical (unpaired) electrons. The van der Waals surface area contributed by atoms with Crippen LogP contribution in [0.25, 0.3) is 0 Å². The lowest BCUT2D eigenvalue weighted by molar-refractivity contribution is -0.107. The Morgan fingerprint density at radius 2 is 2.15 bits per heavy atom. The number of halogens is 2. The molecule has 2 N–H and O–H groups in total. The molecule has 0 heterocycles. The SMILES string of the molecule is Cc1cc(C(Cl)C=O)c(N)cc1Cl. The van der Waals surface area contributed by atoms with Crippen molar-refractivity contribution in [3.63, 3.8) is 0 Å². The highest BCUT2D eigenvalue weighted by molar-refractivity contribution is 6.32. The van der Waals surface area contributed by atoms with Gasteiger partial charge in [0.25, 0.3) is 0 Å². The molecule has 1 unspecified atom stereocenters. The Morgan fingerprint density at radius 3 is 2.69 bits per heavy atom. The maximum atomic E-state index is 10.4. The fraction of sp³-hybridized carbons (Fsp3) is 0.222. The first-order valence-electron chi connectivity index (χ1n) is 3.71. The van der Waals surface area contributed by atoms with E-state index < -0.39 is 5.38 Å². The maximum Gasteiger partial charge on any atom is 0.142 e. The van der Waals surface area contributed by atoms with E-state index in [2.05, 4.69) is 0 Å².